The Hall–Kier alpha value is -2.37. The third-order valence-corrected chi connectivity index (χ3v) is 3.28. The fourth-order valence-corrected chi connectivity index (χ4v) is 2.15. The summed E-state index contributed by atoms with van der Waals surface area (Å²) in [6.07, 6.45) is 0. The summed E-state index contributed by atoms with van der Waals surface area (Å²) in [5.41, 5.74) is 1.87. The average molecular weight is 328 g/mol. The quantitative estimate of drug-likeness (QED) is 0.659. The van der Waals surface area contributed by atoms with Crippen molar-refractivity contribution in [3.8, 4) is 5.75 Å². The maximum atomic E-state index is 12.0. The van der Waals surface area contributed by atoms with Crippen molar-refractivity contribution >= 4 is 11.6 Å². The van der Waals surface area contributed by atoms with Gasteiger partial charge in [-0.1, -0.05) is 36.4 Å². The van der Waals surface area contributed by atoms with Crippen LogP contribution < -0.4 is 15.4 Å². The highest BCUT2D eigenvalue weighted by molar-refractivity contribution is 5.92. The summed E-state index contributed by atoms with van der Waals surface area (Å²) in [4.78, 5) is 12.0. The second kappa shape index (κ2) is 10.4. The molecular weight excluding hydrogens is 304 g/mol. The van der Waals surface area contributed by atoms with Gasteiger partial charge in [0.2, 0.25) is 5.91 Å². The molecule has 0 radical (unpaired) electrons. The van der Waals surface area contributed by atoms with Gasteiger partial charge in [-0.05, 0) is 24.6 Å². The van der Waals surface area contributed by atoms with Crippen molar-refractivity contribution in [2.75, 3.05) is 31.7 Å². The zero-order chi connectivity index (χ0) is 17.0. The molecule has 2 N–H and O–H groups in total. The Kier molecular flexibility index (Phi) is 7.80. The van der Waals surface area contributed by atoms with Crippen molar-refractivity contribution < 1.29 is 14.3 Å². The van der Waals surface area contributed by atoms with Crippen LogP contribution in [0.1, 0.15) is 12.5 Å². The van der Waals surface area contributed by atoms with Gasteiger partial charge >= 0.3 is 0 Å². The van der Waals surface area contributed by atoms with Gasteiger partial charge in [0.25, 0.3) is 0 Å². The van der Waals surface area contributed by atoms with Gasteiger partial charge in [0, 0.05) is 24.9 Å². The number of rotatable bonds is 10. The van der Waals surface area contributed by atoms with Crippen LogP contribution in [0.4, 0.5) is 5.69 Å². The zero-order valence-corrected chi connectivity index (χ0v) is 14.0. The number of amides is 1. The number of anilines is 1. The maximum Gasteiger partial charge on any atom is 0.238 e. The molecule has 2 rings (SSSR count). The molecule has 2 aromatic rings. The van der Waals surface area contributed by atoms with Crippen molar-refractivity contribution in [3.63, 3.8) is 0 Å². The topological polar surface area (TPSA) is 59.6 Å². The first-order chi connectivity index (χ1) is 11.8. The highest BCUT2D eigenvalue weighted by Gasteiger charge is 2.03. The van der Waals surface area contributed by atoms with Crippen molar-refractivity contribution in [2.24, 2.45) is 0 Å². The Morgan fingerprint density at radius 3 is 2.67 bits per heavy atom. The third kappa shape index (κ3) is 6.81. The molecule has 0 unspecified atom stereocenters. The number of hydrogen-bond acceptors (Lipinski definition) is 4. The molecule has 0 saturated heterocycles. The first-order valence-electron chi connectivity index (χ1n) is 8.13. The van der Waals surface area contributed by atoms with Crippen LogP contribution >= 0.6 is 0 Å². The van der Waals surface area contributed by atoms with Crippen LogP contribution in [0.15, 0.2) is 54.6 Å². The Labute approximate surface area is 143 Å². The molecule has 0 atom stereocenters. The Balaban J connectivity index is 1.72. The van der Waals surface area contributed by atoms with Crippen LogP contribution in [-0.2, 0) is 16.1 Å². The number of nitrogens with one attached hydrogen (secondary N) is 2. The predicted octanol–water partition coefficient (Wildman–Crippen LogP) is 2.83. The molecule has 0 saturated carbocycles. The fraction of sp³-hybridized carbons (Fsp3) is 0.316. The van der Waals surface area contributed by atoms with Crippen molar-refractivity contribution in [1.82, 2.24) is 5.32 Å². The molecule has 0 aromatic heterocycles. The van der Waals surface area contributed by atoms with E-state index in [9.17, 15) is 4.79 Å². The van der Waals surface area contributed by atoms with E-state index in [2.05, 4.69) is 10.6 Å². The molecule has 5 nitrogen and oxygen atoms in total. The molecule has 0 aliphatic rings. The van der Waals surface area contributed by atoms with Gasteiger partial charge in [0.15, 0.2) is 0 Å². The SMILES string of the molecule is CCOCCOc1cccc(NC(=O)CNCc2ccccc2)c1. The molecule has 2 aromatic carbocycles. The van der Waals surface area contributed by atoms with Crippen molar-refractivity contribution in [1.29, 1.82) is 0 Å². The molecular formula is C19H24N2O3. The average Bonchev–Trinajstić information content (AvgIpc) is 2.60. The summed E-state index contributed by atoms with van der Waals surface area (Å²) in [6, 6.07) is 17.3. The molecule has 0 bridgehead atoms. The van der Waals surface area contributed by atoms with Crippen LogP contribution in [0.25, 0.3) is 0 Å². The Morgan fingerprint density at radius 2 is 1.88 bits per heavy atom. The minimum Gasteiger partial charge on any atom is -0.491 e. The van der Waals surface area contributed by atoms with E-state index in [0.29, 0.717) is 32.1 Å². The summed E-state index contributed by atoms with van der Waals surface area (Å²) in [5.74, 6) is 0.627. The number of carbonyl (C=O) groups excluding carboxylic acids is 1. The minimum absolute atomic E-state index is 0.0857. The van der Waals surface area contributed by atoms with Crippen molar-refractivity contribution in [3.05, 3.63) is 60.2 Å². The van der Waals surface area contributed by atoms with E-state index >= 15 is 0 Å². The van der Waals surface area contributed by atoms with Gasteiger partial charge in [0.1, 0.15) is 12.4 Å². The number of hydrogen-bond donors (Lipinski definition) is 2. The first-order valence-corrected chi connectivity index (χ1v) is 8.13. The lowest BCUT2D eigenvalue weighted by Gasteiger charge is -2.10. The summed E-state index contributed by atoms with van der Waals surface area (Å²) < 4.78 is 10.8. The number of benzene rings is 2. The molecule has 0 aliphatic carbocycles. The van der Waals surface area contributed by atoms with E-state index in [4.69, 9.17) is 9.47 Å². The molecule has 0 heterocycles. The van der Waals surface area contributed by atoms with Gasteiger partial charge in [0.05, 0.1) is 13.2 Å². The van der Waals surface area contributed by atoms with E-state index in [0.717, 1.165) is 11.3 Å². The highest BCUT2D eigenvalue weighted by atomic mass is 16.5. The summed E-state index contributed by atoms with van der Waals surface area (Å²) in [6.45, 7) is 4.58. The molecule has 24 heavy (non-hydrogen) atoms. The van der Waals surface area contributed by atoms with E-state index in [1.165, 1.54) is 0 Å². The Morgan fingerprint density at radius 1 is 1.04 bits per heavy atom. The van der Waals surface area contributed by atoms with E-state index < -0.39 is 0 Å². The monoisotopic (exact) mass is 328 g/mol. The lowest BCUT2D eigenvalue weighted by Crippen LogP contribution is -2.27. The summed E-state index contributed by atoms with van der Waals surface area (Å²) in [5, 5.41) is 5.98. The van der Waals surface area contributed by atoms with E-state index in [1.807, 2.05) is 55.5 Å². The predicted molar refractivity (Wildman–Crippen MR) is 95.2 cm³/mol. The highest BCUT2D eigenvalue weighted by Crippen LogP contribution is 2.17. The first kappa shape index (κ1) is 18.0. The van der Waals surface area contributed by atoms with Crippen LogP contribution in [0.2, 0.25) is 0 Å². The van der Waals surface area contributed by atoms with Crippen LogP contribution in [-0.4, -0.2) is 32.3 Å². The van der Waals surface area contributed by atoms with Crippen molar-refractivity contribution in [2.45, 2.75) is 13.5 Å². The van der Waals surface area contributed by atoms with Gasteiger partial charge in [-0.15, -0.1) is 0 Å². The second-order valence-corrected chi connectivity index (χ2v) is 5.21. The normalized spacial score (nSPS) is 10.4. The van der Waals surface area contributed by atoms with Gasteiger partial charge in [-0.2, -0.15) is 0 Å². The largest absolute Gasteiger partial charge is 0.491 e. The maximum absolute atomic E-state index is 12.0. The summed E-state index contributed by atoms with van der Waals surface area (Å²) in [7, 11) is 0. The fourth-order valence-electron chi connectivity index (χ4n) is 2.15. The lowest BCUT2D eigenvalue weighted by atomic mass is 10.2. The van der Waals surface area contributed by atoms with Crippen LogP contribution in [0, 0.1) is 0 Å². The number of ether oxygens (including phenoxy) is 2. The smallest absolute Gasteiger partial charge is 0.238 e. The molecule has 0 fully saturated rings. The third-order valence-electron chi connectivity index (χ3n) is 3.28. The van der Waals surface area contributed by atoms with Crippen LogP contribution in [0.5, 0.6) is 5.75 Å². The van der Waals surface area contributed by atoms with E-state index in [-0.39, 0.29) is 12.5 Å². The Bertz CT molecular complexity index is 617. The van der Waals surface area contributed by atoms with Crippen LogP contribution in [0.3, 0.4) is 0 Å². The lowest BCUT2D eigenvalue weighted by molar-refractivity contribution is -0.115. The van der Waals surface area contributed by atoms with E-state index in [1.54, 1.807) is 6.07 Å². The standard InChI is InChI=1S/C19H24N2O3/c1-2-23-11-12-24-18-10-6-9-17(13-18)21-19(22)15-20-14-16-7-4-3-5-8-16/h3-10,13,20H,2,11-12,14-15H2,1H3,(H,21,22). The van der Waals surface area contributed by atoms with Gasteiger partial charge in [-0.25, -0.2) is 0 Å². The molecule has 0 aliphatic heterocycles. The molecule has 0 spiro atoms. The number of carbonyl (C=O) groups is 1. The molecule has 1 amide bonds. The zero-order valence-electron chi connectivity index (χ0n) is 14.0. The second-order valence-electron chi connectivity index (χ2n) is 5.21. The molecule has 5 heteroatoms. The van der Waals surface area contributed by atoms with Gasteiger partial charge in [-0.3, -0.25) is 4.79 Å². The summed E-state index contributed by atoms with van der Waals surface area (Å²) >= 11 is 0. The van der Waals surface area contributed by atoms with Gasteiger partial charge < -0.3 is 20.1 Å². The molecule has 128 valence electrons. The minimum atomic E-state index is -0.0857.